The van der Waals surface area contributed by atoms with Crippen molar-refractivity contribution in [2.24, 2.45) is 0 Å². The Morgan fingerprint density at radius 1 is 1.27 bits per heavy atom. The standard InChI is InChI=1S/C15H15N5O2/c1-10(21)7-20-9-18-12-13(16-8-17-14(12)20)19-15(22)11-5-3-2-4-6-11/h2-6,8-10,21H,7H2,1H3,(H,16,17,19,22). The number of hydrogen-bond acceptors (Lipinski definition) is 5. The van der Waals surface area contributed by atoms with Gasteiger partial charge < -0.3 is 15.0 Å². The average molecular weight is 297 g/mol. The van der Waals surface area contributed by atoms with Gasteiger partial charge in [-0.3, -0.25) is 4.79 Å². The normalized spacial score (nSPS) is 12.3. The number of nitrogens with one attached hydrogen (secondary N) is 1. The number of nitrogens with zero attached hydrogens (tertiary/aromatic N) is 4. The van der Waals surface area contributed by atoms with Crippen LogP contribution in [0.5, 0.6) is 0 Å². The predicted molar refractivity (Wildman–Crippen MR) is 81.4 cm³/mol. The summed E-state index contributed by atoms with van der Waals surface area (Å²) in [6.07, 6.45) is 2.42. The van der Waals surface area contributed by atoms with E-state index in [1.165, 1.54) is 6.33 Å². The molecule has 22 heavy (non-hydrogen) atoms. The maximum atomic E-state index is 12.2. The van der Waals surface area contributed by atoms with E-state index in [9.17, 15) is 9.90 Å². The molecule has 0 spiro atoms. The van der Waals surface area contributed by atoms with Crippen LogP contribution in [0.1, 0.15) is 17.3 Å². The van der Waals surface area contributed by atoms with Crippen LogP contribution < -0.4 is 5.32 Å². The molecular weight excluding hydrogens is 282 g/mol. The summed E-state index contributed by atoms with van der Waals surface area (Å²) in [5.74, 6) is 0.0915. The molecular formula is C15H15N5O2. The van der Waals surface area contributed by atoms with E-state index < -0.39 is 6.10 Å². The highest BCUT2D eigenvalue weighted by Crippen LogP contribution is 2.18. The van der Waals surface area contributed by atoms with Gasteiger partial charge in [0.1, 0.15) is 6.33 Å². The largest absolute Gasteiger partial charge is 0.392 e. The molecule has 7 nitrogen and oxygen atoms in total. The molecule has 2 N–H and O–H groups in total. The van der Waals surface area contributed by atoms with Gasteiger partial charge in [-0.1, -0.05) is 18.2 Å². The SMILES string of the molecule is CC(O)Cn1cnc2c(NC(=O)c3ccccc3)ncnc21. The molecule has 0 saturated carbocycles. The molecule has 0 saturated heterocycles. The fourth-order valence-electron chi connectivity index (χ4n) is 2.16. The number of aliphatic hydroxyl groups excluding tert-OH is 1. The molecule has 7 heteroatoms. The summed E-state index contributed by atoms with van der Waals surface area (Å²) in [6.45, 7) is 2.06. The number of hydrogen-bond donors (Lipinski definition) is 2. The summed E-state index contributed by atoms with van der Waals surface area (Å²) in [5.41, 5.74) is 1.60. The summed E-state index contributed by atoms with van der Waals surface area (Å²) in [7, 11) is 0. The molecule has 112 valence electrons. The minimum atomic E-state index is -0.519. The number of imidazole rings is 1. The van der Waals surface area contributed by atoms with Crippen LogP contribution in [0.25, 0.3) is 11.2 Å². The lowest BCUT2D eigenvalue weighted by molar-refractivity contribution is 0.102. The van der Waals surface area contributed by atoms with Gasteiger partial charge in [-0.2, -0.15) is 0 Å². The molecule has 0 aliphatic rings. The van der Waals surface area contributed by atoms with E-state index in [1.807, 2.05) is 6.07 Å². The van der Waals surface area contributed by atoms with Crippen LogP contribution in [0.4, 0.5) is 5.82 Å². The summed E-state index contributed by atoms with van der Waals surface area (Å²) < 4.78 is 1.72. The zero-order valence-corrected chi connectivity index (χ0v) is 12.0. The van der Waals surface area contributed by atoms with Gasteiger partial charge in [0.15, 0.2) is 17.0 Å². The minimum Gasteiger partial charge on any atom is -0.392 e. The van der Waals surface area contributed by atoms with E-state index in [-0.39, 0.29) is 5.91 Å². The highest BCUT2D eigenvalue weighted by Gasteiger charge is 2.14. The van der Waals surface area contributed by atoms with Crippen LogP contribution in [-0.4, -0.2) is 36.6 Å². The van der Waals surface area contributed by atoms with Gasteiger partial charge in [0, 0.05) is 5.56 Å². The minimum absolute atomic E-state index is 0.259. The van der Waals surface area contributed by atoms with E-state index in [2.05, 4.69) is 20.3 Å². The van der Waals surface area contributed by atoms with Crippen molar-refractivity contribution in [1.29, 1.82) is 0 Å². The van der Waals surface area contributed by atoms with Crippen LogP contribution in [-0.2, 0) is 6.54 Å². The maximum absolute atomic E-state index is 12.2. The number of amides is 1. The first-order valence-corrected chi connectivity index (χ1v) is 6.85. The second-order valence-corrected chi connectivity index (χ2v) is 4.96. The van der Waals surface area contributed by atoms with Crippen molar-refractivity contribution in [3.63, 3.8) is 0 Å². The molecule has 0 aliphatic heterocycles. The van der Waals surface area contributed by atoms with Gasteiger partial charge in [0.2, 0.25) is 0 Å². The van der Waals surface area contributed by atoms with Crippen molar-refractivity contribution in [3.8, 4) is 0 Å². The van der Waals surface area contributed by atoms with Gasteiger partial charge in [0.25, 0.3) is 5.91 Å². The van der Waals surface area contributed by atoms with Gasteiger partial charge >= 0.3 is 0 Å². The van der Waals surface area contributed by atoms with Crippen molar-refractivity contribution < 1.29 is 9.90 Å². The van der Waals surface area contributed by atoms with Gasteiger partial charge in [-0.15, -0.1) is 0 Å². The number of carbonyl (C=O) groups excluding carboxylic acids is 1. The number of rotatable bonds is 4. The molecule has 0 radical (unpaired) electrons. The molecule has 0 aliphatic carbocycles. The Bertz CT molecular complexity index is 798. The summed E-state index contributed by atoms with van der Waals surface area (Å²) in [6, 6.07) is 8.88. The van der Waals surface area contributed by atoms with Crippen molar-refractivity contribution >= 4 is 22.9 Å². The topological polar surface area (TPSA) is 92.9 Å². The quantitative estimate of drug-likeness (QED) is 0.760. The molecule has 1 amide bonds. The van der Waals surface area contributed by atoms with E-state index in [0.29, 0.717) is 29.1 Å². The van der Waals surface area contributed by atoms with Gasteiger partial charge in [-0.05, 0) is 19.1 Å². The Morgan fingerprint density at radius 2 is 2.05 bits per heavy atom. The molecule has 0 fully saturated rings. The van der Waals surface area contributed by atoms with Gasteiger partial charge in [-0.25, -0.2) is 15.0 Å². The number of carbonyl (C=O) groups is 1. The van der Waals surface area contributed by atoms with Crippen LogP contribution in [0.3, 0.4) is 0 Å². The first kappa shape index (κ1) is 14.2. The third-order valence-corrected chi connectivity index (χ3v) is 3.13. The number of aliphatic hydroxyl groups is 1. The third-order valence-electron chi connectivity index (χ3n) is 3.13. The second kappa shape index (κ2) is 5.90. The summed E-state index contributed by atoms with van der Waals surface area (Å²) in [5, 5.41) is 12.2. The Balaban J connectivity index is 1.91. The Kier molecular flexibility index (Phi) is 3.80. The fraction of sp³-hybridized carbons (Fsp3) is 0.200. The summed E-state index contributed by atoms with van der Waals surface area (Å²) in [4.78, 5) is 24.7. The molecule has 0 bridgehead atoms. The highest BCUT2D eigenvalue weighted by atomic mass is 16.3. The van der Waals surface area contributed by atoms with E-state index in [0.717, 1.165) is 0 Å². The van der Waals surface area contributed by atoms with E-state index in [4.69, 9.17) is 0 Å². The zero-order valence-electron chi connectivity index (χ0n) is 12.0. The van der Waals surface area contributed by atoms with Crippen molar-refractivity contribution in [3.05, 3.63) is 48.5 Å². The lowest BCUT2D eigenvalue weighted by Crippen LogP contribution is -2.14. The van der Waals surface area contributed by atoms with Crippen LogP contribution in [0.2, 0.25) is 0 Å². The monoisotopic (exact) mass is 297 g/mol. The Labute approximate surface area is 126 Å². The summed E-state index contributed by atoms with van der Waals surface area (Å²) >= 11 is 0. The number of anilines is 1. The maximum Gasteiger partial charge on any atom is 0.256 e. The smallest absolute Gasteiger partial charge is 0.256 e. The fourth-order valence-corrected chi connectivity index (χ4v) is 2.16. The van der Waals surface area contributed by atoms with Crippen molar-refractivity contribution in [1.82, 2.24) is 19.5 Å². The van der Waals surface area contributed by atoms with Crippen molar-refractivity contribution in [2.75, 3.05) is 5.32 Å². The lowest BCUT2D eigenvalue weighted by Gasteiger charge is -2.07. The molecule has 2 heterocycles. The molecule has 3 rings (SSSR count). The molecule has 1 unspecified atom stereocenters. The second-order valence-electron chi connectivity index (χ2n) is 4.96. The first-order chi connectivity index (χ1) is 10.6. The first-order valence-electron chi connectivity index (χ1n) is 6.85. The van der Waals surface area contributed by atoms with Crippen LogP contribution >= 0.6 is 0 Å². The average Bonchev–Trinajstić information content (AvgIpc) is 2.92. The van der Waals surface area contributed by atoms with Crippen molar-refractivity contribution in [2.45, 2.75) is 19.6 Å². The number of benzene rings is 1. The molecule has 3 aromatic rings. The lowest BCUT2D eigenvalue weighted by atomic mass is 10.2. The molecule has 1 aromatic carbocycles. The van der Waals surface area contributed by atoms with Crippen LogP contribution in [0, 0.1) is 0 Å². The molecule has 2 aromatic heterocycles. The van der Waals surface area contributed by atoms with Crippen LogP contribution in [0.15, 0.2) is 43.0 Å². The number of fused-ring (bicyclic) bond motifs is 1. The van der Waals surface area contributed by atoms with E-state index in [1.54, 1.807) is 42.1 Å². The molecule has 1 atom stereocenters. The highest BCUT2D eigenvalue weighted by molar-refractivity contribution is 6.06. The zero-order chi connectivity index (χ0) is 15.5. The third kappa shape index (κ3) is 2.79. The number of aromatic nitrogens is 4. The van der Waals surface area contributed by atoms with E-state index >= 15 is 0 Å². The Morgan fingerprint density at radius 3 is 2.77 bits per heavy atom. The predicted octanol–water partition coefficient (Wildman–Crippen LogP) is 1.46. The van der Waals surface area contributed by atoms with Gasteiger partial charge in [0.05, 0.1) is 19.0 Å². The Hall–Kier alpha value is -2.80.